The minimum absolute atomic E-state index is 0.0342. The first-order chi connectivity index (χ1) is 11.5. The number of aliphatic hydroxyl groups is 1. The van der Waals surface area contributed by atoms with E-state index in [9.17, 15) is 18.7 Å². The van der Waals surface area contributed by atoms with Gasteiger partial charge in [-0.15, -0.1) is 0 Å². The van der Waals surface area contributed by atoms with Crippen molar-refractivity contribution in [3.63, 3.8) is 0 Å². The van der Waals surface area contributed by atoms with Gasteiger partial charge in [0.05, 0.1) is 6.10 Å². The van der Waals surface area contributed by atoms with Gasteiger partial charge in [0.2, 0.25) is 5.91 Å². The number of aliphatic hydroxyl groups excluding tert-OH is 1. The molecule has 0 saturated carbocycles. The van der Waals surface area contributed by atoms with Crippen LogP contribution in [0.2, 0.25) is 0 Å². The fourth-order valence-corrected chi connectivity index (χ4v) is 2.79. The molecule has 1 saturated heterocycles. The van der Waals surface area contributed by atoms with E-state index in [0.717, 1.165) is 32.4 Å². The average Bonchev–Trinajstić information content (AvgIpc) is 2.59. The lowest BCUT2D eigenvalue weighted by molar-refractivity contribution is -0.121. The van der Waals surface area contributed by atoms with Gasteiger partial charge in [-0.05, 0) is 56.0 Å². The van der Waals surface area contributed by atoms with Crippen LogP contribution < -0.4 is 15.4 Å². The molecule has 1 heterocycles. The molecule has 5 nitrogen and oxygen atoms in total. The predicted octanol–water partition coefficient (Wildman–Crippen LogP) is 2.22. The summed E-state index contributed by atoms with van der Waals surface area (Å²) in [5.41, 5.74) is 0.537. The Hall–Kier alpha value is -1.73. The smallest absolute Gasteiger partial charge is 0.387 e. The van der Waals surface area contributed by atoms with Crippen molar-refractivity contribution < 1.29 is 23.4 Å². The van der Waals surface area contributed by atoms with Crippen LogP contribution in [-0.2, 0) is 4.79 Å². The van der Waals surface area contributed by atoms with Crippen molar-refractivity contribution in [2.75, 3.05) is 19.6 Å². The number of benzene rings is 1. The topological polar surface area (TPSA) is 70.6 Å². The minimum atomic E-state index is -2.87. The third-order valence-corrected chi connectivity index (χ3v) is 4.22. The van der Waals surface area contributed by atoms with Crippen molar-refractivity contribution in [1.29, 1.82) is 0 Å². The van der Waals surface area contributed by atoms with Gasteiger partial charge in [-0.25, -0.2) is 0 Å². The highest BCUT2D eigenvalue weighted by atomic mass is 19.3. The van der Waals surface area contributed by atoms with Crippen LogP contribution in [0.25, 0.3) is 0 Å². The molecule has 134 valence electrons. The molecule has 1 unspecified atom stereocenters. The molecule has 1 atom stereocenters. The lowest BCUT2D eigenvalue weighted by atomic mass is 9.93. The highest BCUT2D eigenvalue weighted by molar-refractivity contribution is 5.75. The van der Waals surface area contributed by atoms with E-state index in [-0.39, 0.29) is 18.2 Å². The zero-order chi connectivity index (χ0) is 17.4. The first kappa shape index (κ1) is 18.6. The number of carbonyl (C=O) groups excluding carboxylic acids is 1. The van der Waals surface area contributed by atoms with Crippen molar-refractivity contribution >= 4 is 5.91 Å². The number of carbonyl (C=O) groups is 1. The summed E-state index contributed by atoms with van der Waals surface area (Å²) in [6.45, 7) is -0.757. The minimum Gasteiger partial charge on any atom is -0.435 e. The number of alkyl halides is 2. The second-order valence-corrected chi connectivity index (χ2v) is 6.00. The lowest BCUT2D eigenvalue weighted by Crippen LogP contribution is -2.31. The van der Waals surface area contributed by atoms with Gasteiger partial charge in [0.1, 0.15) is 5.75 Å². The largest absolute Gasteiger partial charge is 0.435 e. The number of ether oxygens (including phenoxy) is 1. The van der Waals surface area contributed by atoms with E-state index in [1.54, 1.807) is 0 Å². The second kappa shape index (κ2) is 9.54. The van der Waals surface area contributed by atoms with E-state index >= 15 is 0 Å². The SMILES string of the molecule is O=C(CCC1CCNCC1)NCC(O)c1ccc(OC(F)F)cc1. The summed E-state index contributed by atoms with van der Waals surface area (Å²) in [7, 11) is 0. The van der Waals surface area contributed by atoms with Crippen molar-refractivity contribution in [3.05, 3.63) is 29.8 Å². The fourth-order valence-electron chi connectivity index (χ4n) is 2.79. The van der Waals surface area contributed by atoms with E-state index in [0.29, 0.717) is 17.9 Å². The summed E-state index contributed by atoms with van der Waals surface area (Å²) in [4.78, 5) is 11.9. The van der Waals surface area contributed by atoms with Crippen LogP contribution in [0.5, 0.6) is 5.75 Å². The molecule has 1 aliphatic heterocycles. The van der Waals surface area contributed by atoms with Crippen molar-refractivity contribution in [2.45, 2.75) is 38.4 Å². The first-order valence-electron chi connectivity index (χ1n) is 8.25. The lowest BCUT2D eigenvalue weighted by Gasteiger charge is -2.22. The summed E-state index contributed by atoms with van der Waals surface area (Å²) in [5.74, 6) is 0.543. The molecule has 24 heavy (non-hydrogen) atoms. The van der Waals surface area contributed by atoms with Crippen molar-refractivity contribution in [2.24, 2.45) is 5.92 Å². The molecule has 3 N–H and O–H groups in total. The number of hydrogen-bond acceptors (Lipinski definition) is 4. The molecule has 1 fully saturated rings. The van der Waals surface area contributed by atoms with Gasteiger partial charge < -0.3 is 20.5 Å². The zero-order valence-corrected chi connectivity index (χ0v) is 13.5. The third-order valence-electron chi connectivity index (χ3n) is 4.22. The zero-order valence-electron chi connectivity index (χ0n) is 13.5. The van der Waals surface area contributed by atoms with Gasteiger partial charge in [0.15, 0.2) is 0 Å². The summed E-state index contributed by atoms with van der Waals surface area (Å²) < 4.78 is 28.4. The quantitative estimate of drug-likeness (QED) is 0.677. The van der Waals surface area contributed by atoms with Crippen LogP contribution in [-0.4, -0.2) is 37.3 Å². The average molecular weight is 342 g/mol. The Morgan fingerprint density at radius 1 is 1.29 bits per heavy atom. The van der Waals surface area contributed by atoms with E-state index in [2.05, 4.69) is 15.4 Å². The summed E-state index contributed by atoms with van der Waals surface area (Å²) in [6.07, 6.45) is 2.64. The second-order valence-electron chi connectivity index (χ2n) is 6.00. The Bertz CT molecular complexity index is 505. The third kappa shape index (κ3) is 6.41. The molecular formula is C17H24F2N2O3. The molecule has 1 aliphatic rings. The van der Waals surface area contributed by atoms with E-state index in [1.165, 1.54) is 24.3 Å². The Kier molecular flexibility index (Phi) is 7.39. The molecule has 1 aromatic rings. The highest BCUT2D eigenvalue weighted by Crippen LogP contribution is 2.20. The number of rotatable bonds is 8. The number of nitrogens with one attached hydrogen (secondary N) is 2. The molecular weight excluding hydrogens is 318 g/mol. The Morgan fingerprint density at radius 3 is 2.58 bits per heavy atom. The number of halogens is 2. The van der Waals surface area contributed by atoms with E-state index in [4.69, 9.17) is 0 Å². The van der Waals surface area contributed by atoms with Crippen LogP contribution in [0.3, 0.4) is 0 Å². The molecule has 1 aromatic carbocycles. The number of piperidine rings is 1. The summed E-state index contributed by atoms with van der Waals surface area (Å²) in [6, 6.07) is 5.74. The number of amides is 1. The highest BCUT2D eigenvalue weighted by Gasteiger charge is 2.15. The summed E-state index contributed by atoms with van der Waals surface area (Å²) in [5, 5.41) is 16.0. The van der Waals surface area contributed by atoms with Crippen LogP contribution in [0.1, 0.15) is 37.4 Å². The Balaban J connectivity index is 1.69. The predicted molar refractivity (Wildman–Crippen MR) is 85.9 cm³/mol. The molecule has 0 aliphatic carbocycles. The Morgan fingerprint density at radius 2 is 1.96 bits per heavy atom. The number of hydrogen-bond donors (Lipinski definition) is 3. The van der Waals surface area contributed by atoms with Crippen molar-refractivity contribution in [3.8, 4) is 5.75 Å². The standard InChI is InChI=1S/C17H24F2N2O3/c18-17(19)24-14-4-2-13(3-5-14)15(22)11-21-16(23)6-1-12-7-9-20-10-8-12/h2-5,12,15,17,20,22H,1,6-11H2,(H,21,23). The monoisotopic (exact) mass is 342 g/mol. The normalized spacial score (nSPS) is 16.8. The molecule has 0 radical (unpaired) electrons. The maximum atomic E-state index is 12.1. The van der Waals surface area contributed by atoms with Crippen LogP contribution >= 0.6 is 0 Å². The van der Waals surface area contributed by atoms with E-state index in [1.807, 2.05) is 0 Å². The van der Waals surface area contributed by atoms with Crippen LogP contribution in [0.15, 0.2) is 24.3 Å². The molecule has 0 aromatic heterocycles. The molecule has 1 amide bonds. The van der Waals surface area contributed by atoms with Gasteiger partial charge in [0.25, 0.3) is 0 Å². The van der Waals surface area contributed by atoms with Crippen LogP contribution in [0, 0.1) is 5.92 Å². The molecule has 7 heteroatoms. The maximum Gasteiger partial charge on any atom is 0.387 e. The van der Waals surface area contributed by atoms with Gasteiger partial charge in [-0.3, -0.25) is 4.79 Å². The fraction of sp³-hybridized carbons (Fsp3) is 0.588. The maximum absolute atomic E-state index is 12.1. The van der Waals surface area contributed by atoms with Gasteiger partial charge in [-0.1, -0.05) is 12.1 Å². The van der Waals surface area contributed by atoms with Crippen LogP contribution in [0.4, 0.5) is 8.78 Å². The Labute approximate surface area is 140 Å². The molecule has 2 rings (SSSR count). The van der Waals surface area contributed by atoms with Crippen molar-refractivity contribution in [1.82, 2.24) is 10.6 Å². The first-order valence-corrected chi connectivity index (χ1v) is 8.25. The summed E-state index contributed by atoms with van der Waals surface area (Å²) >= 11 is 0. The molecule has 0 spiro atoms. The van der Waals surface area contributed by atoms with Gasteiger partial charge in [0, 0.05) is 13.0 Å². The van der Waals surface area contributed by atoms with Gasteiger partial charge >= 0.3 is 6.61 Å². The van der Waals surface area contributed by atoms with E-state index < -0.39 is 12.7 Å². The van der Waals surface area contributed by atoms with Gasteiger partial charge in [-0.2, -0.15) is 8.78 Å². The molecule has 0 bridgehead atoms.